The summed E-state index contributed by atoms with van der Waals surface area (Å²) in [4.78, 5) is -0.179. The third-order valence-corrected chi connectivity index (χ3v) is 6.69. The average molecular weight is 368 g/mol. The maximum Gasteiger partial charge on any atom is 0.261 e. The normalized spacial score (nSPS) is 12.4. The van der Waals surface area contributed by atoms with E-state index < -0.39 is 20.0 Å². The van der Waals surface area contributed by atoms with Crippen molar-refractivity contribution < 1.29 is 16.8 Å². The number of nitrogens with one attached hydrogen (secondary N) is 1. The zero-order valence-electron chi connectivity index (χ0n) is 13.9. The Hall–Kier alpha value is -1.90. The molecule has 0 fully saturated rings. The molecule has 0 aromatic heterocycles. The molecule has 0 unspecified atom stereocenters. The summed E-state index contributed by atoms with van der Waals surface area (Å²) in [6.07, 6.45) is 0. The minimum Gasteiger partial charge on any atom is -0.279 e. The summed E-state index contributed by atoms with van der Waals surface area (Å²) in [5.74, 6) is 0. The van der Waals surface area contributed by atoms with Gasteiger partial charge in [-0.15, -0.1) is 0 Å². The predicted octanol–water partition coefficient (Wildman–Crippen LogP) is 2.35. The van der Waals surface area contributed by atoms with E-state index in [0.717, 1.165) is 21.5 Å². The molecule has 0 aliphatic carbocycles. The topological polar surface area (TPSA) is 83.5 Å². The van der Waals surface area contributed by atoms with E-state index in [1.807, 2.05) is 13.0 Å². The van der Waals surface area contributed by atoms with Gasteiger partial charge in [0.1, 0.15) is 0 Å². The van der Waals surface area contributed by atoms with Crippen LogP contribution < -0.4 is 4.72 Å². The highest BCUT2D eigenvalue weighted by molar-refractivity contribution is 7.93. The van der Waals surface area contributed by atoms with Gasteiger partial charge in [-0.05, 0) is 43.7 Å². The minimum atomic E-state index is -3.89. The summed E-state index contributed by atoms with van der Waals surface area (Å²) >= 11 is 0. The molecular formula is C16H20N2O4S2. The van der Waals surface area contributed by atoms with Gasteiger partial charge in [0.15, 0.2) is 0 Å². The Kier molecular flexibility index (Phi) is 5.03. The smallest absolute Gasteiger partial charge is 0.261 e. The van der Waals surface area contributed by atoms with Gasteiger partial charge in [0.05, 0.1) is 15.5 Å². The number of sulfonamides is 2. The maximum atomic E-state index is 12.6. The van der Waals surface area contributed by atoms with Crippen molar-refractivity contribution in [2.45, 2.75) is 23.6 Å². The number of nitrogens with zero attached hydrogens (tertiary/aromatic N) is 1. The van der Waals surface area contributed by atoms with Crippen molar-refractivity contribution in [2.24, 2.45) is 0 Å². The van der Waals surface area contributed by atoms with E-state index in [1.165, 1.54) is 32.3 Å². The lowest BCUT2D eigenvalue weighted by Gasteiger charge is -2.14. The Morgan fingerprint density at radius 3 is 2.08 bits per heavy atom. The van der Waals surface area contributed by atoms with Gasteiger partial charge in [-0.25, -0.2) is 21.1 Å². The molecule has 24 heavy (non-hydrogen) atoms. The molecule has 1 N–H and O–H groups in total. The number of hydrogen-bond acceptors (Lipinski definition) is 4. The van der Waals surface area contributed by atoms with Crippen molar-refractivity contribution in [2.75, 3.05) is 18.8 Å². The molecule has 0 amide bonds. The first-order valence-corrected chi connectivity index (χ1v) is 10.1. The summed E-state index contributed by atoms with van der Waals surface area (Å²) in [6.45, 7) is 3.72. The Morgan fingerprint density at radius 2 is 1.50 bits per heavy atom. The Morgan fingerprint density at radius 1 is 0.875 bits per heavy atom. The van der Waals surface area contributed by atoms with Gasteiger partial charge in [0.25, 0.3) is 10.0 Å². The molecule has 130 valence electrons. The minimum absolute atomic E-state index is 0.0731. The van der Waals surface area contributed by atoms with Crippen LogP contribution in [0.2, 0.25) is 0 Å². The Bertz CT molecular complexity index is 965. The molecule has 6 nitrogen and oxygen atoms in total. The third kappa shape index (κ3) is 3.77. The zero-order valence-corrected chi connectivity index (χ0v) is 15.6. The maximum absolute atomic E-state index is 12.6. The van der Waals surface area contributed by atoms with Crippen LogP contribution in [0.15, 0.2) is 52.3 Å². The van der Waals surface area contributed by atoms with Gasteiger partial charge in [-0.1, -0.05) is 23.8 Å². The van der Waals surface area contributed by atoms with E-state index in [9.17, 15) is 16.8 Å². The summed E-state index contributed by atoms with van der Waals surface area (Å²) in [7, 11) is -4.81. The van der Waals surface area contributed by atoms with Crippen LogP contribution in [-0.2, 0) is 20.0 Å². The summed E-state index contributed by atoms with van der Waals surface area (Å²) in [5, 5.41) is 0. The second-order valence-electron chi connectivity index (χ2n) is 5.69. The molecule has 0 bridgehead atoms. The van der Waals surface area contributed by atoms with E-state index >= 15 is 0 Å². The molecule has 2 aromatic rings. The molecule has 0 aliphatic rings. The summed E-state index contributed by atoms with van der Waals surface area (Å²) in [5.41, 5.74) is 2.27. The molecule has 0 aliphatic heterocycles. The average Bonchev–Trinajstić information content (AvgIpc) is 2.50. The standard InChI is InChI=1S/C16H20N2O4S2/c1-12-8-9-16(13(2)10-12)17-23(19,20)14-6-5-7-15(11-14)24(21,22)18(3)4/h5-11,17H,1-4H3. The van der Waals surface area contributed by atoms with E-state index in [4.69, 9.17) is 0 Å². The monoisotopic (exact) mass is 368 g/mol. The third-order valence-electron chi connectivity index (χ3n) is 3.52. The van der Waals surface area contributed by atoms with Gasteiger partial charge in [0.2, 0.25) is 10.0 Å². The fourth-order valence-corrected chi connectivity index (χ4v) is 4.34. The molecule has 8 heteroatoms. The second-order valence-corrected chi connectivity index (χ2v) is 9.52. The number of benzene rings is 2. The first-order valence-electron chi connectivity index (χ1n) is 7.17. The molecule has 0 atom stereocenters. The van der Waals surface area contributed by atoms with E-state index in [1.54, 1.807) is 19.1 Å². The van der Waals surface area contributed by atoms with Gasteiger partial charge in [0, 0.05) is 14.1 Å². The molecule has 2 aromatic carbocycles. The molecule has 2 rings (SSSR count). The number of aryl methyl sites for hydroxylation is 2. The lowest BCUT2D eigenvalue weighted by molar-refractivity contribution is 0.520. The lowest BCUT2D eigenvalue weighted by atomic mass is 10.1. The van der Waals surface area contributed by atoms with Gasteiger partial charge >= 0.3 is 0 Å². The first-order chi connectivity index (χ1) is 11.0. The van der Waals surface area contributed by atoms with Crippen molar-refractivity contribution in [3.8, 4) is 0 Å². The molecule has 0 saturated carbocycles. The van der Waals surface area contributed by atoms with Gasteiger partial charge in [-0.2, -0.15) is 0 Å². The SMILES string of the molecule is Cc1ccc(NS(=O)(=O)c2cccc(S(=O)(=O)N(C)C)c2)c(C)c1. The lowest BCUT2D eigenvalue weighted by Crippen LogP contribution is -2.22. The molecule has 0 radical (unpaired) electrons. The highest BCUT2D eigenvalue weighted by Gasteiger charge is 2.21. The Labute approximate surface area is 143 Å². The number of anilines is 1. The Balaban J connectivity index is 2.44. The van der Waals surface area contributed by atoms with Crippen molar-refractivity contribution >= 4 is 25.7 Å². The fraction of sp³-hybridized carbons (Fsp3) is 0.250. The zero-order chi connectivity index (χ0) is 18.1. The van der Waals surface area contributed by atoms with Gasteiger partial charge in [-0.3, -0.25) is 4.72 Å². The van der Waals surface area contributed by atoms with Crippen molar-refractivity contribution in [3.63, 3.8) is 0 Å². The molecular weight excluding hydrogens is 348 g/mol. The van der Waals surface area contributed by atoms with Crippen molar-refractivity contribution in [3.05, 3.63) is 53.6 Å². The molecule has 0 saturated heterocycles. The van der Waals surface area contributed by atoms with Gasteiger partial charge < -0.3 is 0 Å². The number of hydrogen-bond donors (Lipinski definition) is 1. The van der Waals surface area contributed by atoms with Crippen LogP contribution in [0.4, 0.5) is 5.69 Å². The van der Waals surface area contributed by atoms with E-state index in [-0.39, 0.29) is 9.79 Å². The van der Waals surface area contributed by atoms with Crippen molar-refractivity contribution in [1.82, 2.24) is 4.31 Å². The summed E-state index contributed by atoms with van der Waals surface area (Å²) < 4.78 is 53.0. The first kappa shape index (κ1) is 18.4. The van der Waals surface area contributed by atoms with Crippen LogP contribution in [0.25, 0.3) is 0 Å². The second kappa shape index (κ2) is 6.54. The van der Waals surface area contributed by atoms with Crippen LogP contribution in [-0.4, -0.2) is 35.2 Å². The van der Waals surface area contributed by atoms with Crippen LogP contribution in [0.1, 0.15) is 11.1 Å². The van der Waals surface area contributed by atoms with E-state index in [0.29, 0.717) is 5.69 Å². The molecule has 0 spiro atoms. The van der Waals surface area contributed by atoms with Crippen LogP contribution in [0, 0.1) is 13.8 Å². The van der Waals surface area contributed by atoms with Crippen LogP contribution in [0.5, 0.6) is 0 Å². The van der Waals surface area contributed by atoms with Crippen LogP contribution >= 0.6 is 0 Å². The predicted molar refractivity (Wildman–Crippen MR) is 94.0 cm³/mol. The molecule has 0 heterocycles. The van der Waals surface area contributed by atoms with Crippen molar-refractivity contribution in [1.29, 1.82) is 0 Å². The highest BCUT2D eigenvalue weighted by Crippen LogP contribution is 2.23. The number of rotatable bonds is 5. The summed E-state index contributed by atoms with van der Waals surface area (Å²) in [6, 6.07) is 10.6. The fourth-order valence-electron chi connectivity index (χ4n) is 2.14. The largest absolute Gasteiger partial charge is 0.279 e. The van der Waals surface area contributed by atoms with E-state index in [2.05, 4.69) is 4.72 Å². The highest BCUT2D eigenvalue weighted by atomic mass is 32.2. The van der Waals surface area contributed by atoms with Crippen LogP contribution in [0.3, 0.4) is 0 Å². The quantitative estimate of drug-likeness (QED) is 0.878.